The van der Waals surface area contributed by atoms with Crippen LogP contribution in [0.5, 0.6) is 0 Å². The number of anilines is 4. The number of carbonyl (C=O) groups excluding carboxylic acids is 1. The highest BCUT2D eigenvalue weighted by atomic mass is 16.5. The molecule has 192 valence electrons. The van der Waals surface area contributed by atoms with Crippen LogP contribution in [0.2, 0.25) is 0 Å². The van der Waals surface area contributed by atoms with Crippen molar-refractivity contribution in [3.05, 3.63) is 78.0 Å². The lowest BCUT2D eigenvalue weighted by atomic mass is 9.86. The number of carbonyl (C=O) groups is 1. The second-order valence-electron chi connectivity index (χ2n) is 10.2. The van der Waals surface area contributed by atoms with Gasteiger partial charge in [-0.1, -0.05) is 36.4 Å². The van der Waals surface area contributed by atoms with Gasteiger partial charge in [-0.3, -0.25) is 4.79 Å². The Morgan fingerprint density at radius 2 is 1.89 bits per heavy atom. The Labute approximate surface area is 218 Å². The number of fused-ring (bicyclic) bond motifs is 2. The molecule has 1 amide bonds. The fourth-order valence-electron chi connectivity index (χ4n) is 5.82. The number of aromatic nitrogens is 1. The summed E-state index contributed by atoms with van der Waals surface area (Å²) in [5.74, 6) is 1.01. The number of benzene rings is 2. The molecule has 0 radical (unpaired) electrons. The maximum absolute atomic E-state index is 14.0. The zero-order valence-corrected chi connectivity index (χ0v) is 21.3. The molecule has 2 aliphatic heterocycles. The Balaban J connectivity index is 1.31. The number of methoxy groups -OCH3 is 1. The van der Waals surface area contributed by atoms with Crippen LogP contribution in [-0.2, 0) is 20.8 Å². The number of pyridine rings is 1. The van der Waals surface area contributed by atoms with Gasteiger partial charge in [0.05, 0.1) is 30.6 Å². The van der Waals surface area contributed by atoms with Crippen molar-refractivity contribution in [3.8, 4) is 0 Å². The number of amides is 1. The van der Waals surface area contributed by atoms with Crippen molar-refractivity contribution in [1.82, 2.24) is 4.98 Å². The minimum absolute atomic E-state index is 0.00646. The summed E-state index contributed by atoms with van der Waals surface area (Å²) < 4.78 is 11.7. The second-order valence-corrected chi connectivity index (χ2v) is 10.2. The monoisotopic (exact) mass is 498 g/mol. The summed E-state index contributed by atoms with van der Waals surface area (Å²) in [6, 6.07) is 20.8. The molecule has 2 aromatic carbocycles. The van der Waals surface area contributed by atoms with Gasteiger partial charge in [-0.15, -0.1) is 0 Å². The molecule has 3 aromatic rings. The highest BCUT2D eigenvalue weighted by Crippen LogP contribution is 2.40. The van der Waals surface area contributed by atoms with Crippen LogP contribution < -0.4 is 15.1 Å². The van der Waals surface area contributed by atoms with E-state index in [9.17, 15) is 4.79 Å². The molecule has 1 aliphatic carbocycles. The summed E-state index contributed by atoms with van der Waals surface area (Å²) >= 11 is 0. The summed E-state index contributed by atoms with van der Waals surface area (Å²) in [5, 5.41) is 3.50. The SMILES string of the molecule is CO[C@H]1CC[C@H](C(=O)N2Cc3cccnc3Nc3ccc(N4CCO[C@@H](c5ccccc5)C4)cc32)CC1. The standard InChI is InChI=1S/C30H34N4O3/c1-36-25-12-9-22(10-13-25)30(35)34-19-23-8-5-15-31-29(23)32-26-14-11-24(18-27(26)34)33-16-17-37-28(20-33)21-6-3-2-4-7-21/h2-8,11,14-15,18,22,25,28H,9-10,12-13,16-17,19-20H2,1H3,(H,31,32)/t22-,25-,28-/m1/s1. The number of morpholine rings is 1. The predicted octanol–water partition coefficient (Wildman–Crippen LogP) is 5.45. The van der Waals surface area contributed by atoms with E-state index >= 15 is 0 Å². The Morgan fingerprint density at radius 1 is 1.05 bits per heavy atom. The van der Waals surface area contributed by atoms with Crippen molar-refractivity contribution in [2.75, 3.05) is 41.9 Å². The van der Waals surface area contributed by atoms with E-state index in [1.54, 1.807) is 13.3 Å². The van der Waals surface area contributed by atoms with Crippen LogP contribution in [0.25, 0.3) is 0 Å². The first-order valence-corrected chi connectivity index (χ1v) is 13.3. The third-order valence-electron chi connectivity index (χ3n) is 7.97. The summed E-state index contributed by atoms with van der Waals surface area (Å²) in [5.41, 5.74) is 5.14. The zero-order valence-electron chi connectivity index (χ0n) is 21.3. The topological polar surface area (TPSA) is 66.9 Å². The van der Waals surface area contributed by atoms with Gasteiger partial charge < -0.3 is 24.6 Å². The fraction of sp³-hybridized carbons (Fsp3) is 0.400. The maximum atomic E-state index is 14.0. The van der Waals surface area contributed by atoms with Crippen LogP contribution in [0, 0.1) is 5.92 Å². The highest BCUT2D eigenvalue weighted by Gasteiger charge is 2.33. The van der Waals surface area contributed by atoms with Crippen molar-refractivity contribution in [2.45, 2.75) is 44.4 Å². The van der Waals surface area contributed by atoms with Crippen molar-refractivity contribution in [3.63, 3.8) is 0 Å². The van der Waals surface area contributed by atoms with Gasteiger partial charge in [0.2, 0.25) is 5.91 Å². The lowest BCUT2D eigenvalue weighted by Gasteiger charge is -2.36. The zero-order chi connectivity index (χ0) is 25.2. The van der Waals surface area contributed by atoms with E-state index in [0.29, 0.717) is 13.2 Å². The Hall–Kier alpha value is -3.42. The normalized spacial score (nSPS) is 23.4. The highest BCUT2D eigenvalue weighted by molar-refractivity contribution is 6.00. The quantitative estimate of drug-likeness (QED) is 0.516. The van der Waals surface area contributed by atoms with Gasteiger partial charge in [0.25, 0.3) is 0 Å². The molecule has 1 saturated carbocycles. The van der Waals surface area contributed by atoms with Gasteiger partial charge in [0.15, 0.2) is 0 Å². The van der Waals surface area contributed by atoms with Gasteiger partial charge in [-0.2, -0.15) is 0 Å². The van der Waals surface area contributed by atoms with E-state index < -0.39 is 0 Å². The molecule has 7 heteroatoms. The van der Waals surface area contributed by atoms with Crippen LogP contribution in [0.1, 0.15) is 42.9 Å². The van der Waals surface area contributed by atoms with E-state index in [1.807, 2.05) is 17.0 Å². The van der Waals surface area contributed by atoms with E-state index in [2.05, 4.69) is 63.7 Å². The number of nitrogens with one attached hydrogen (secondary N) is 1. The first-order chi connectivity index (χ1) is 18.2. The molecular weight excluding hydrogens is 464 g/mol. The van der Waals surface area contributed by atoms with Crippen molar-refractivity contribution < 1.29 is 14.3 Å². The summed E-state index contributed by atoms with van der Waals surface area (Å²) in [6.07, 6.45) is 5.65. The number of ether oxygens (including phenoxy) is 2. The maximum Gasteiger partial charge on any atom is 0.230 e. The largest absolute Gasteiger partial charge is 0.381 e. The number of rotatable bonds is 4. The van der Waals surface area contributed by atoms with Crippen molar-refractivity contribution in [1.29, 1.82) is 0 Å². The molecule has 3 aliphatic rings. The number of nitrogens with zero attached hydrogens (tertiary/aromatic N) is 3. The summed E-state index contributed by atoms with van der Waals surface area (Å²) in [6.45, 7) is 2.75. The van der Waals surface area contributed by atoms with E-state index in [4.69, 9.17) is 9.47 Å². The van der Waals surface area contributed by atoms with Gasteiger partial charge in [0.1, 0.15) is 11.9 Å². The third kappa shape index (κ3) is 4.93. The molecule has 7 nitrogen and oxygen atoms in total. The molecule has 1 atom stereocenters. The van der Waals surface area contributed by atoms with Crippen LogP contribution in [0.15, 0.2) is 66.9 Å². The Kier molecular flexibility index (Phi) is 6.81. The summed E-state index contributed by atoms with van der Waals surface area (Å²) in [7, 11) is 1.77. The first-order valence-electron chi connectivity index (χ1n) is 13.3. The lowest BCUT2D eigenvalue weighted by molar-refractivity contribution is -0.124. The van der Waals surface area contributed by atoms with E-state index in [0.717, 1.165) is 67.2 Å². The van der Waals surface area contributed by atoms with Gasteiger partial charge in [0, 0.05) is 43.6 Å². The lowest BCUT2D eigenvalue weighted by Crippen LogP contribution is -2.39. The average Bonchev–Trinajstić information content (AvgIpc) is 3.14. The molecule has 0 spiro atoms. The van der Waals surface area contributed by atoms with E-state index in [1.165, 1.54) is 5.56 Å². The molecule has 3 heterocycles. The third-order valence-corrected chi connectivity index (χ3v) is 7.97. The first kappa shape index (κ1) is 23.9. The smallest absolute Gasteiger partial charge is 0.230 e. The van der Waals surface area contributed by atoms with Crippen molar-refractivity contribution in [2.24, 2.45) is 5.92 Å². The fourth-order valence-corrected chi connectivity index (χ4v) is 5.82. The Morgan fingerprint density at radius 3 is 2.70 bits per heavy atom. The van der Waals surface area contributed by atoms with Crippen LogP contribution >= 0.6 is 0 Å². The molecule has 6 rings (SSSR count). The molecule has 1 aromatic heterocycles. The predicted molar refractivity (Wildman–Crippen MR) is 145 cm³/mol. The molecule has 1 N–H and O–H groups in total. The minimum Gasteiger partial charge on any atom is -0.381 e. The molecule has 0 unspecified atom stereocenters. The minimum atomic E-state index is 0.00646. The van der Waals surface area contributed by atoms with Gasteiger partial charge in [-0.25, -0.2) is 4.98 Å². The molecule has 2 fully saturated rings. The molecule has 37 heavy (non-hydrogen) atoms. The average molecular weight is 499 g/mol. The van der Waals surface area contributed by atoms with Crippen LogP contribution in [-0.4, -0.2) is 43.8 Å². The van der Waals surface area contributed by atoms with Crippen LogP contribution in [0.4, 0.5) is 22.9 Å². The van der Waals surface area contributed by atoms with E-state index in [-0.39, 0.29) is 24.0 Å². The van der Waals surface area contributed by atoms with Crippen LogP contribution in [0.3, 0.4) is 0 Å². The van der Waals surface area contributed by atoms with Crippen molar-refractivity contribution >= 4 is 28.8 Å². The number of hydrogen-bond donors (Lipinski definition) is 1. The summed E-state index contributed by atoms with van der Waals surface area (Å²) in [4.78, 5) is 22.9. The number of hydrogen-bond acceptors (Lipinski definition) is 6. The molecule has 1 saturated heterocycles. The second kappa shape index (κ2) is 10.5. The Bertz CT molecular complexity index is 1240. The van der Waals surface area contributed by atoms with Gasteiger partial charge in [-0.05, 0) is 55.5 Å². The molecular formula is C30H34N4O3. The molecule has 0 bridgehead atoms. The van der Waals surface area contributed by atoms with Gasteiger partial charge >= 0.3 is 0 Å².